The van der Waals surface area contributed by atoms with E-state index < -0.39 is 9.84 Å². The summed E-state index contributed by atoms with van der Waals surface area (Å²) in [6, 6.07) is 12.8. The molecule has 152 valence electrons. The zero-order valence-corrected chi connectivity index (χ0v) is 18.9. The summed E-state index contributed by atoms with van der Waals surface area (Å²) in [7, 11) is -3.05. The summed E-state index contributed by atoms with van der Waals surface area (Å²) >= 11 is 0. The van der Waals surface area contributed by atoms with E-state index in [0.29, 0.717) is 17.8 Å². The Morgan fingerprint density at radius 2 is 1.46 bits per heavy atom. The van der Waals surface area contributed by atoms with Crippen molar-refractivity contribution in [3.63, 3.8) is 0 Å². The second kappa shape index (κ2) is 8.02. The van der Waals surface area contributed by atoms with Gasteiger partial charge in [-0.2, -0.15) is 0 Å². The molecular formula is C25H34O2S. The summed E-state index contributed by atoms with van der Waals surface area (Å²) < 4.78 is 24.2. The third kappa shape index (κ3) is 4.05. The lowest BCUT2D eigenvalue weighted by molar-refractivity contribution is 0.464. The molecule has 1 aliphatic rings. The second-order valence-corrected chi connectivity index (χ2v) is 11.5. The number of hydrogen-bond acceptors (Lipinski definition) is 2. The zero-order chi connectivity index (χ0) is 20.6. The first-order valence-electron chi connectivity index (χ1n) is 10.5. The number of benzene rings is 2. The van der Waals surface area contributed by atoms with Gasteiger partial charge in [0.2, 0.25) is 0 Å². The van der Waals surface area contributed by atoms with Crippen LogP contribution in [-0.2, 0) is 28.4 Å². The van der Waals surface area contributed by atoms with Crippen LogP contribution >= 0.6 is 0 Å². The van der Waals surface area contributed by atoms with E-state index in [-0.39, 0.29) is 11.0 Å². The largest absolute Gasteiger partial charge is 0.228 e. The van der Waals surface area contributed by atoms with Crippen LogP contribution in [0.5, 0.6) is 0 Å². The third-order valence-corrected chi connectivity index (χ3v) is 9.15. The Hall–Kier alpha value is -1.61. The van der Waals surface area contributed by atoms with Crippen LogP contribution in [0.4, 0.5) is 0 Å². The van der Waals surface area contributed by atoms with Crippen molar-refractivity contribution in [3.05, 3.63) is 69.8 Å². The number of sulfone groups is 1. The molecule has 28 heavy (non-hydrogen) atoms. The van der Waals surface area contributed by atoms with Crippen molar-refractivity contribution in [2.75, 3.05) is 0 Å². The maximum Gasteiger partial charge on any atom is 0.156 e. The van der Waals surface area contributed by atoms with Gasteiger partial charge in [-0.1, -0.05) is 57.2 Å². The van der Waals surface area contributed by atoms with Crippen molar-refractivity contribution in [1.82, 2.24) is 0 Å². The van der Waals surface area contributed by atoms with Crippen LogP contribution < -0.4 is 0 Å². The van der Waals surface area contributed by atoms with Crippen molar-refractivity contribution in [2.24, 2.45) is 5.92 Å². The monoisotopic (exact) mass is 398 g/mol. The van der Waals surface area contributed by atoms with Gasteiger partial charge in [-0.05, 0) is 84.7 Å². The standard InChI is InChI=1S/C25H34O2S/c1-16(2)28(26,27)15-22-9-7-21(8-10-22)11-12-23-13-14-24-18(4)17(3)19(5)25(24)20(23)6/h7-10,13-14,16-19H,11-12,15H2,1-6H3. The summed E-state index contributed by atoms with van der Waals surface area (Å²) in [5.74, 6) is 2.11. The molecule has 0 N–H and O–H groups in total. The molecule has 3 heteroatoms. The molecule has 3 rings (SSSR count). The molecule has 0 saturated carbocycles. The molecule has 2 aromatic rings. The van der Waals surface area contributed by atoms with Crippen LogP contribution in [0.1, 0.15) is 79.8 Å². The molecule has 2 aromatic carbocycles. The summed E-state index contributed by atoms with van der Waals surface area (Å²) in [6.45, 7) is 12.9. The summed E-state index contributed by atoms with van der Waals surface area (Å²) in [5.41, 5.74) is 8.17. The van der Waals surface area contributed by atoms with E-state index in [4.69, 9.17) is 0 Å². The van der Waals surface area contributed by atoms with Crippen molar-refractivity contribution in [1.29, 1.82) is 0 Å². The molecule has 3 atom stereocenters. The van der Waals surface area contributed by atoms with Gasteiger partial charge in [0.15, 0.2) is 9.84 Å². The van der Waals surface area contributed by atoms with Crippen LogP contribution in [0.3, 0.4) is 0 Å². The Kier molecular flexibility index (Phi) is 6.05. The molecule has 0 spiro atoms. The Balaban J connectivity index is 1.70. The van der Waals surface area contributed by atoms with Gasteiger partial charge in [0.25, 0.3) is 0 Å². The van der Waals surface area contributed by atoms with Gasteiger partial charge < -0.3 is 0 Å². The van der Waals surface area contributed by atoms with Crippen LogP contribution in [0, 0.1) is 12.8 Å². The molecule has 3 unspecified atom stereocenters. The fourth-order valence-electron chi connectivity index (χ4n) is 4.53. The van der Waals surface area contributed by atoms with Gasteiger partial charge in [-0.15, -0.1) is 0 Å². The van der Waals surface area contributed by atoms with Crippen LogP contribution in [0.25, 0.3) is 0 Å². The molecule has 0 radical (unpaired) electrons. The fraction of sp³-hybridized carbons (Fsp3) is 0.520. The van der Waals surface area contributed by atoms with Crippen molar-refractivity contribution in [2.45, 2.75) is 77.2 Å². The first-order valence-corrected chi connectivity index (χ1v) is 12.2. The van der Waals surface area contributed by atoms with Crippen LogP contribution in [0.15, 0.2) is 36.4 Å². The Labute approximate surface area is 171 Å². The van der Waals surface area contributed by atoms with Gasteiger partial charge in [0.05, 0.1) is 11.0 Å². The predicted molar refractivity (Wildman–Crippen MR) is 119 cm³/mol. The molecule has 0 aliphatic heterocycles. The maximum absolute atomic E-state index is 12.1. The first-order chi connectivity index (χ1) is 13.1. The van der Waals surface area contributed by atoms with Crippen molar-refractivity contribution < 1.29 is 8.42 Å². The SMILES string of the molecule is Cc1c(CCc2ccc(CS(=O)(=O)C(C)C)cc2)ccc2c1C(C)C(C)C2C. The van der Waals surface area contributed by atoms with E-state index in [1.807, 2.05) is 12.1 Å². The van der Waals surface area contributed by atoms with Gasteiger partial charge in [0, 0.05) is 0 Å². The summed E-state index contributed by atoms with van der Waals surface area (Å²) in [4.78, 5) is 0. The highest BCUT2D eigenvalue weighted by molar-refractivity contribution is 7.91. The molecule has 0 bridgehead atoms. The lowest BCUT2D eigenvalue weighted by atomic mass is 9.89. The van der Waals surface area contributed by atoms with E-state index in [2.05, 4.69) is 52.0 Å². The minimum Gasteiger partial charge on any atom is -0.228 e. The molecule has 2 nitrogen and oxygen atoms in total. The van der Waals surface area contributed by atoms with Gasteiger partial charge >= 0.3 is 0 Å². The minimum absolute atomic E-state index is 0.128. The molecule has 0 aromatic heterocycles. The smallest absolute Gasteiger partial charge is 0.156 e. The average Bonchev–Trinajstić information content (AvgIpc) is 2.87. The molecule has 0 amide bonds. The summed E-state index contributed by atoms with van der Waals surface area (Å²) in [5, 5.41) is -0.331. The Bertz CT molecular complexity index is 939. The van der Waals surface area contributed by atoms with Crippen molar-refractivity contribution >= 4 is 9.84 Å². The highest BCUT2D eigenvalue weighted by atomic mass is 32.2. The highest BCUT2D eigenvalue weighted by Crippen LogP contribution is 2.47. The number of aryl methyl sites for hydroxylation is 2. The lowest BCUT2D eigenvalue weighted by Gasteiger charge is -2.16. The van der Waals surface area contributed by atoms with Gasteiger partial charge in [0.1, 0.15) is 0 Å². The normalized spacial score (nSPS) is 21.9. The predicted octanol–water partition coefficient (Wildman–Crippen LogP) is 5.96. The minimum atomic E-state index is -3.05. The average molecular weight is 399 g/mol. The fourth-order valence-corrected chi connectivity index (χ4v) is 5.52. The van der Waals surface area contributed by atoms with Crippen molar-refractivity contribution in [3.8, 4) is 0 Å². The lowest BCUT2D eigenvalue weighted by Crippen LogP contribution is -2.15. The number of fused-ring (bicyclic) bond motifs is 1. The van der Waals surface area contributed by atoms with Crippen LogP contribution in [-0.4, -0.2) is 13.7 Å². The summed E-state index contributed by atoms with van der Waals surface area (Å²) in [6.07, 6.45) is 2.01. The Morgan fingerprint density at radius 3 is 2.07 bits per heavy atom. The molecule has 0 heterocycles. The van der Waals surface area contributed by atoms with E-state index >= 15 is 0 Å². The topological polar surface area (TPSA) is 34.1 Å². The van der Waals surface area contributed by atoms with Gasteiger partial charge in [-0.3, -0.25) is 0 Å². The van der Waals surface area contributed by atoms with E-state index in [9.17, 15) is 8.42 Å². The molecule has 0 saturated heterocycles. The molecular weight excluding hydrogens is 364 g/mol. The Morgan fingerprint density at radius 1 is 0.857 bits per heavy atom. The number of hydrogen-bond donors (Lipinski definition) is 0. The zero-order valence-electron chi connectivity index (χ0n) is 18.1. The molecule has 0 fully saturated rings. The molecule has 1 aliphatic carbocycles. The quantitative estimate of drug-likeness (QED) is 0.601. The van der Waals surface area contributed by atoms with Crippen LogP contribution in [0.2, 0.25) is 0 Å². The second-order valence-electron chi connectivity index (χ2n) is 8.96. The highest BCUT2D eigenvalue weighted by Gasteiger charge is 2.33. The number of rotatable bonds is 6. The first kappa shape index (κ1) is 21.1. The van der Waals surface area contributed by atoms with E-state index in [1.165, 1.54) is 22.3 Å². The van der Waals surface area contributed by atoms with E-state index in [1.54, 1.807) is 19.4 Å². The van der Waals surface area contributed by atoms with Gasteiger partial charge in [-0.25, -0.2) is 8.42 Å². The third-order valence-electron chi connectivity index (χ3n) is 6.98. The maximum atomic E-state index is 12.1. The van der Waals surface area contributed by atoms with E-state index in [0.717, 1.165) is 18.4 Å².